The van der Waals surface area contributed by atoms with Crippen molar-refractivity contribution in [1.29, 1.82) is 0 Å². The standard InChI is InChI=1S/C18H14F5N3O4S/c1-27-15-11(24-3-2-12(15)28-7-17(19,20)21)6-31-16-25-9-4-13-14(5-10(9)26-16)30-18(22,23)8-29-13/h2-5H,6-8H2,1H3,(H,25,26). The molecule has 0 saturated carbocycles. The number of pyridine rings is 1. The van der Waals surface area contributed by atoms with Crippen molar-refractivity contribution >= 4 is 22.8 Å². The van der Waals surface area contributed by atoms with E-state index in [1.807, 2.05) is 0 Å². The summed E-state index contributed by atoms with van der Waals surface area (Å²) in [5.74, 6) is 0.227. The van der Waals surface area contributed by atoms with Crippen LogP contribution in [0.4, 0.5) is 22.0 Å². The molecule has 166 valence electrons. The van der Waals surface area contributed by atoms with Gasteiger partial charge in [0.05, 0.1) is 23.8 Å². The average molecular weight is 463 g/mol. The van der Waals surface area contributed by atoms with Crippen molar-refractivity contribution in [1.82, 2.24) is 15.0 Å². The van der Waals surface area contributed by atoms with Crippen LogP contribution in [0.2, 0.25) is 0 Å². The number of fused-ring (bicyclic) bond motifs is 2. The van der Waals surface area contributed by atoms with Crippen molar-refractivity contribution in [2.24, 2.45) is 0 Å². The van der Waals surface area contributed by atoms with Gasteiger partial charge in [-0.2, -0.15) is 22.0 Å². The molecule has 1 aliphatic heterocycles. The van der Waals surface area contributed by atoms with Crippen LogP contribution in [0.5, 0.6) is 23.0 Å². The summed E-state index contributed by atoms with van der Waals surface area (Å²) in [6, 6.07) is 4.12. The van der Waals surface area contributed by atoms with Crippen molar-refractivity contribution in [3.05, 3.63) is 30.1 Å². The van der Waals surface area contributed by atoms with Crippen LogP contribution in [0.3, 0.4) is 0 Å². The summed E-state index contributed by atoms with van der Waals surface area (Å²) in [5.41, 5.74) is 1.26. The molecule has 0 bridgehead atoms. The number of alkyl halides is 5. The highest BCUT2D eigenvalue weighted by atomic mass is 32.2. The van der Waals surface area contributed by atoms with Gasteiger partial charge in [0.1, 0.15) is 0 Å². The molecular formula is C18H14F5N3O4S. The molecule has 0 aliphatic carbocycles. The molecule has 4 rings (SSSR count). The van der Waals surface area contributed by atoms with Crippen molar-refractivity contribution in [3.8, 4) is 23.0 Å². The normalized spacial score (nSPS) is 15.2. The van der Waals surface area contributed by atoms with Crippen molar-refractivity contribution in [3.63, 3.8) is 0 Å². The molecule has 0 fully saturated rings. The molecule has 3 aromatic rings. The summed E-state index contributed by atoms with van der Waals surface area (Å²) in [6.07, 6.45) is -6.60. The maximum Gasteiger partial charge on any atom is 0.433 e. The van der Waals surface area contributed by atoms with Crippen LogP contribution in [-0.2, 0) is 5.75 Å². The number of ether oxygens (including phenoxy) is 4. The first-order valence-corrected chi connectivity index (χ1v) is 9.70. The largest absolute Gasteiger partial charge is 0.491 e. The third-order valence-electron chi connectivity index (χ3n) is 4.06. The molecule has 0 radical (unpaired) electrons. The van der Waals surface area contributed by atoms with E-state index in [2.05, 4.69) is 19.7 Å². The Balaban J connectivity index is 1.51. The molecule has 1 aromatic carbocycles. The molecule has 1 aliphatic rings. The van der Waals surface area contributed by atoms with Gasteiger partial charge in [0, 0.05) is 30.1 Å². The number of halogens is 5. The summed E-state index contributed by atoms with van der Waals surface area (Å²) in [7, 11) is 1.30. The van der Waals surface area contributed by atoms with Gasteiger partial charge in [0.25, 0.3) is 0 Å². The fourth-order valence-electron chi connectivity index (χ4n) is 2.81. The minimum Gasteiger partial charge on any atom is -0.491 e. The zero-order valence-corrected chi connectivity index (χ0v) is 16.6. The topological polar surface area (TPSA) is 78.5 Å². The van der Waals surface area contributed by atoms with E-state index >= 15 is 0 Å². The van der Waals surface area contributed by atoms with Crippen molar-refractivity contribution < 1.29 is 40.9 Å². The lowest BCUT2D eigenvalue weighted by atomic mass is 10.2. The van der Waals surface area contributed by atoms with Gasteiger partial charge in [-0.3, -0.25) is 4.98 Å². The molecule has 0 amide bonds. The van der Waals surface area contributed by atoms with Gasteiger partial charge >= 0.3 is 12.3 Å². The molecule has 0 spiro atoms. The highest BCUT2D eigenvalue weighted by Crippen LogP contribution is 2.40. The summed E-state index contributed by atoms with van der Waals surface area (Å²) >= 11 is 1.19. The van der Waals surface area contributed by atoms with E-state index in [0.717, 1.165) is 0 Å². The Morgan fingerprint density at radius 1 is 1.26 bits per heavy atom. The lowest BCUT2D eigenvalue weighted by molar-refractivity contribution is -0.208. The molecule has 0 saturated heterocycles. The third-order valence-corrected chi connectivity index (χ3v) is 4.95. The molecule has 2 aromatic heterocycles. The number of benzene rings is 1. The number of H-pyrrole nitrogens is 1. The number of nitrogens with zero attached hydrogens (tertiary/aromatic N) is 2. The number of hydrogen-bond donors (Lipinski definition) is 1. The Bertz CT molecular complexity index is 1110. The fourth-order valence-corrected chi connectivity index (χ4v) is 3.63. The highest BCUT2D eigenvalue weighted by Gasteiger charge is 2.38. The van der Waals surface area contributed by atoms with Gasteiger partial charge in [-0.1, -0.05) is 11.8 Å². The van der Waals surface area contributed by atoms with Crippen LogP contribution >= 0.6 is 11.8 Å². The number of hydrogen-bond acceptors (Lipinski definition) is 7. The average Bonchev–Trinajstić information content (AvgIpc) is 3.09. The second kappa shape index (κ2) is 7.94. The molecule has 0 atom stereocenters. The number of aromatic nitrogens is 3. The number of imidazole rings is 1. The Morgan fingerprint density at radius 2 is 2.06 bits per heavy atom. The minimum atomic E-state index is -4.49. The lowest BCUT2D eigenvalue weighted by Crippen LogP contribution is -2.35. The lowest BCUT2D eigenvalue weighted by Gasteiger charge is -2.25. The summed E-state index contributed by atoms with van der Waals surface area (Å²) in [5, 5.41) is 0.426. The predicted molar refractivity (Wildman–Crippen MR) is 99.1 cm³/mol. The first kappa shape index (κ1) is 21.3. The van der Waals surface area contributed by atoms with Gasteiger partial charge in [0.2, 0.25) is 0 Å². The van der Waals surface area contributed by atoms with Crippen molar-refractivity contribution in [2.45, 2.75) is 23.2 Å². The molecule has 7 nitrogen and oxygen atoms in total. The monoisotopic (exact) mass is 463 g/mol. The summed E-state index contributed by atoms with van der Waals surface area (Å²) in [4.78, 5) is 11.4. The smallest absolute Gasteiger partial charge is 0.433 e. The van der Waals surface area contributed by atoms with Gasteiger partial charge in [-0.05, 0) is 0 Å². The van der Waals surface area contributed by atoms with E-state index in [4.69, 9.17) is 14.2 Å². The first-order chi connectivity index (χ1) is 14.6. The Labute approximate surface area is 175 Å². The second-order valence-corrected chi connectivity index (χ2v) is 7.33. The van der Waals surface area contributed by atoms with Crippen LogP contribution in [-0.4, -0.2) is 47.6 Å². The Kier molecular flexibility index (Phi) is 5.45. The molecule has 1 N–H and O–H groups in total. The van der Waals surface area contributed by atoms with Crippen LogP contribution in [0, 0.1) is 0 Å². The quantitative estimate of drug-likeness (QED) is 0.424. The fraction of sp³-hybridized carbons (Fsp3) is 0.333. The van der Waals surface area contributed by atoms with E-state index in [0.29, 0.717) is 21.9 Å². The van der Waals surface area contributed by atoms with Crippen molar-refractivity contribution in [2.75, 3.05) is 20.3 Å². The van der Waals surface area contributed by atoms with Crippen LogP contribution in [0.1, 0.15) is 5.69 Å². The maximum absolute atomic E-state index is 13.4. The first-order valence-electron chi connectivity index (χ1n) is 8.71. The summed E-state index contributed by atoms with van der Waals surface area (Å²) in [6.45, 7) is -2.35. The molecular weight excluding hydrogens is 449 g/mol. The molecule has 31 heavy (non-hydrogen) atoms. The molecule has 0 unspecified atom stereocenters. The minimum absolute atomic E-state index is 0.0786. The van der Waals surface area contributed by atoms with Crippen LogP contribution in [0.25, 0.3) is 11.0 Å². The zero-order chi connectivity index (χ0) is 22.2. The number of nitrogens with one attached hydrogen (secondary N) is 1. The van der Waals surface area contributed by atoms with E-state index < -0.39 is 25.5 Å². The Hall–Kier alpha value is -2.96. The number of rotatable bonds is 6. The second-order valence-electron chi connectivity index (χ2n) is 6.37. The SMILES string of the molecule is COc1c(OCC(F)(F)F)ccnc1CSc1nc2cc3c(cc2[nH]1)OC(F)(F)CO3. The zero-order valence-electron chi connectivity index (χ0n) is 15.8. The van der Waals surface area contributed by atoms with E-state index in [1.165, 1.54) is 43.3 Å². The predicted octanol–water partition coefficient (Wildman–Crippen LogP) is 4.56. The number of aromatic amines is 1. The van der Waals surface area contributed by atoms with E-state index in [1.54, 1.807) is 0 Å². The number of thioether (sulfide) groups is 1. The Morgan fingerprint density at radius 3 is 2.81 bits per heavy atom. The van der Waals surface area contributed by atoms with Gasteiger partial charge in [-0.15, -0.1) is 0 Å². The molecule has 3 heterocycles. The van der Waals surface area contributed by atoms with Gasteiger partial charge < -0.3 is 23.9 Å². The van der Waals surface area contributed by atoms with Gasteiger partial charge in [-0.25, -0.2) is 4.98 Å². The maximum atomic E-state index is 13.4. The third kappa shape index (κ3) is 4.86. The van der Waals surface area contributed by atoms with E-state index in [-0.39, 0.29) is 28.8 Å². The molecule has 13 heteroatoms. The van der Waals surface area contributed by atoms with Crippen LogP contribution in [0.15, 0.2) is 29.6 Å². The van der Waals surface area contributed by atoms with Gasteiger partial charge in [0.15, 0.2) is 41.4 Å². The number of methoxy groups -OCH3 is 1. The van der Waals surface area contributed by atoms with E-state index in [9.17, 15) is 22.0 Å². The highest BCUT2D eigenvalue weighted by molar-refractivity contribution is 7.98. The summed E-state index contributed by atoms with van der Waals surface area (Å²) < 4.78 is 83.7. The van der Waals surface area contributed by atoms with Crippen LogP contribution < -0.4 is 18.9 Å².